The van der Waals surface area contributed by atoms with E-state index in [2.05, 4.69) is 15.9 Å². The van der Waals surface area contributed by atoms with Crippen molar-refractivity contribution in [1.29, 1.82) is 0 Å². The van der Waals surface area contributed by atoms with Crippen LogP contribution in [0.2, 0.25) is 0 Å². The van der Waals surface area contributed by atoms with Crippen molar-refractivity contribution < 1.29 is 22.7 Å². The topological polar surface area (TPSA) is 73.9 Å². The van der Waals surface area contributed by atoms with Crippen LogP contribution < -0.4 is 9.62 Å². The second kappa shape index (κ2) is 7.05. The van der Waals surface area contributed by atoms with Crippen LogP contribution in [0.5, 0.6) is 5.75 Å². The van der Waals surface area contributed by atoms with Gasteiger partial charge in [-0.25, -0.2) is 8.42 Å². The minimum absolute atomic E-state index is 0.00297. The first-order valence-electron chi connectivity index (χ1n) is 4.97. The van der Waals surface area contributed by atoms with E-state index in [-0.39, 0.29) is 23.9 Å². The molecule has 0 heterocycles. The highest BCUT2D eigenvalue weighted by molar-refractivity contribution is 9.10. The third-order valence-electron chi connectivity index (χ3n) is 1.97. The fraction of sp³-hybridized carbons (Fsp3) is 0.400. The summed E-state index contributed by atoms with van der Waals surface area (Å²) < 4.78 is 34.3. The summed E-state index contributed by atoms with van der Waals surface area (Å²) in [7, 11) is -0.897. The first kappa shape index (κ1) is 15.4. The Hall–Kier alpha value is -0.670. The van der Waals surface area contributed by atoms with E-state index < -0.39 is 10.0 Å². The second-order valence-electron chi connectivity index (χ2n) is 3.22. The lowest BCUT2D eigenvalue weighted by molar-refractivity contribution is 0.0438. The summed E-state index contributed by atoms with van der Waals surface area (Å²) in [6.07, 6.45) is 0. The minimum Gasteiger partial charge on any atom is -0.495 e. The smallest absolute Gasteiger partial charge is 0.266 e. The first-order chi connectivity index (χ1) is 8.51. The number of sulfonamides is 1. The fourth-order valence-electron chi connectivity index (χ4n) is 1.15. The van der Waals surface area contributed by atoms with Gasteiger partial charge in [-0.1, -0.05) is 20.8 Å². The summed E-state index contributed by atoms with van der Waals surface area (Å²) in [5, 5.41) is 0. The van der Waals surface area contributed by atoms with Crippen molar-refractivity contribution in [1.82, 2.24) is 4.89 Å². The maximum atomic E-state index is 11.9. The molecule has 0 fully saturated rings. The van der Waals surface area contributed by atoms with Gasteiger partial charge in [-0.3, -0.25) is 4.84 Å². The Morgan fingerprint density at radius 2 is 2.00 bits per heavy atom. The van der Waals surface area contributed by atoms with Gasteiger partial charge < -0.3 is 9.47 Å². The number of methoxy groups -OCH3 is 2. The predicted octanol–water partition coefficient (Wildman–Crippen LogP) is 1.31. The van der Waals surface area contributed by atoms with E-state index >= 15 is 0 Å². The molecule has 1 N–H and O–H groups in total. The van der Waals surface area contributed by atoms with Gasteiger partial charge in [0.15, 0.2) is 0 Å². The Bertz CT molecular complexity index is 491. The molecule has 0 saturated heterocycles. The Morgan fingerprint density at radius 3 is 2.61 bits per heavy atom. The molecular formula is C10H14BrNO5S. The summed E-state index contributed by atoms with van der Waals surface area (Å²) in [6, 6.07) is 4.66. The molecule has 0 atom stereocenters. The summed E-state index contributed by atoms with van der Waals surface area (Å²) in [5.41, 5.74) is 0. The normalized spacial score (nSPS) is 11.5. The fourth-order valence-corrected chi connectivity index (χ4v) is 2.69. The molecule has 102 valence electrons. The molecule has 1 rings (SSSR count). The van der Waals surface area contributed by atoms with E-state index in [0.717, 1.165) is 0 Å². The Balaban J connectivity index is 2.87. The Labute approximate surface area is 114 Å². The zero-order chi connectivity index (χ0) is 13.6. The van der Waals surface area contributed by atoms with Crippen LogP contribution in [-0.2, 0) is 19.6 Å². The zero-order valence-electron chi connectivity index (χ0n) is 9.97. The van der Waals surface area contributed by atoms with E-state index in [4.69, 9.17) is 14.3 Å². The molecule has 0 aliphatic carbocycles. The third kappa shape index (κ3) is 4.21. The number of ether oxygens (including phenoxy) is 2. The molecule has 0 unspecified atom stereocenters. The van der Waals surface area contributed by atoms with Gasteiger partial charge in [0, 0.05) is 11.6 Å². The zero-order valence-corrected chi connectivity index (χ0v) is 12.4. The van der Waals surface area contributed by atoms with Gasteiger partial charge in [-0.15, -0.1) is 0 Å². The molecule has 1 aromatic rings. The average molecular weight is 340 g/mol. The van der Waals surface area contributed by atoms with Crippen molar-refractivity contribution in [2.75, 3.05) is 27.4 Å². The molecule has 1 aromatic carbocycles. The SMILES string of the molecule is COCCONS(=O)(=O)c1cc(Br)ccc1OC. The number of hydrogen-bond donors (Lipinski definition) is 1. The number of hydrogen-bond acceptors (Lipinski definition) is 5. The van der Waals surface area contributed by atoms with E-state index in [1.165, 1.54) is 20.3 Å². The number of rotatable bonds is 7. The highest BCUT2D eigenvalue weighted by Gasteiger charge is 2.20. The molecular weight excluding hydrogens is 326 g/mol. The summed E-state index contributed by atoms with van der Waals surface area (Å²) in [5.74, 6) is 0.237. The molecule has 0 radical (unpaired) electrons. The van der Waals surface area contributed by atoms with Crippen LogP contribution >= 0.6 is 15.9 Å². The van der Waals surface area contributed by atoms with Gasteiger partial charge in [0.25, 0.3) is 10.0 Å². The molecule has 0 aliphatic rings. The van der Waals surface area contributed by atoms with Crippen LogP contribution in [0, 0.1) is 0 Å². The van der Waals surface area contributed by atoms with E-state index in [9.17, 15) is 8.42 Å². The minimum atomic E-state index is -3.79. The number of nitrogens with one attached hydrogen (secondary N) is 1. The van der Waals surface area contributed by atoms with Crippen LogP contribution in [0.15, 0.2) is 27.6 Å². The lowest BCUT2D eigenvalue weighted by Crippen LogP contribution is -2.26. The lowest BCUT2D eigenvalue weighted by Gasteiger charge is -2.10. The van der Waals surface area contributed by atoms with Gasteiger partial charge in [-0.2, -0.15) is 0 Å². The molecule has 0 aromatic heterocycles. The highest BCUT2D eigenvalue weighted by Crippen LogP contribution is 2.26. The van der Waals surface area contributed by atoms with Crippen LogP contribution in [0.1, 0.15) is 0 Å². The maximum absolute atomic E-state index is 11.9. The van der Waals surface area contributed by atoms with Crippen molar-refractivity contribution in [2.24, 2.45) is 0 Å². The largest absolute Gasteiger partial charge is 0.495 e. The van der Waals surface area contributed by atoms with Gasteiger partial charge in [-0.05, 0) is 18.2 Å². The third-order valence-corrected chi connectivity index (χ3v) is 3.70. The maximum Gasteiger partial charge on any atom is 0.266 e. The molecule has 0 saturated carbocycles. The van der Waals surface area contributed by atoms with Crippen molar-refractivity contribution in [3.8, 4) is 5.75 Å². The molecule has 0 amide bonds. The molecule has 8 heteroatoms. The summed E-state index contributed by atoms with van der Waals surface area (Å²) in [4.78, 5) is 6.80. The average Bonchev–Trinajstić information content (AvgIpc) is 2.35. The van der Waals surface area contributed by atoms with Crippen molar-refractivity contribution in [3.05, 3.63) is 22.7 Å². The highest BCUT2D eigenvalue weighted by atomic mass is 79.9. The van der Waals surface area contributed by atoms with E-state index in [1.807, 2.05) is 4.89 Å². The number of benzene rings is 1. The van der Waals surface area contributed by atoms with Crippen LogP contribution in [0.4, 0.5) is 0 Å². The molecule has 6 nitrogen and oxygen atoms in total. The van der Waals surface area contributed by atoms with Crippen LogP contribution in [0.3, 0.4) is 0 Å². The van der Waals surface area contributed by atoms with E-state index in [1.54, 1.807) is 12.1 Å². The van der Waals surface area contributed by atoms with Gasteiger partial charge in [0.2, 0.25) is 0 Å². The van der Waals surface area contributed by atoms with Gasteiger partial charge in [0.05, 0.1) is 20.3 Å². The standard InChI is InChI=1S/C10H14BrNO5S/c1-15-5-6-17-12-18(13,14)10-7-8(11)3-4-9(10)16-2/h3-4,7,12H,5-6H2,1-2H3. The van der Waals surface area contributed by atoms with Gasteiger partial charge in [0.1, 0.15) is 10.6 Å². The van der Waals surface area contributed by atoms with Crippen molar-refractivity contribution in [2.45, 2.75) is 4.90 Å². The quantitative estimate of drug-likeness (QED) is 0.599. The lowest BCUT2D eigenvalue weighted by atomic mass is 10.3. The second-order valence-corrected chi connectivity index (χ2v) is 5.75. The summed E-state index contributed by atoms with van der Waals surface area (Å²) in [6.45, 7) is 0.407. The van der Waals surface area contributed by atoms with Crippen LogP contribution in [0.25, 0.3) is 0 Å². The molecule has 0 aliphatic heterocycles. The predicted molar refractivity (Wildman–Crippen MR) is 68.8 cm³/mol. The van der Waals surface area contributed by atoms with Crippen molar-refractivity contribution in [3.63, 3.8) is 0 Å². The molecule has 0 spiro atoms. The van der Waals surface area contributed by atoms with Crippen LogP contribution in [-0.4, -0.2) is 35.9 Å². The first-order valence-corrected chi connectivity index (χ1v) is 7.25. The number of halogens is 1. The van der Waals surface area contributed by atoms with Gasteiger partial charge >= 0.3 is 0 Å². The summed E-state index contributed by atoms with van der Waals surface area (Å²) >= 11 is 3.20. The monoisotopic (exact) mass is 339 g/mol. The Morgan fingerprint density at radius 1 is 1.28 bits per heavy atom. The molecule has 18 heavy (non-hydrogen) atoms. The molecule has 0 bridgehead atoms. The Kier molecular flexibility index (Phi) is 6.03. The van der Waals surface area contributed by atoms with E-state index in [0.29, 0.717) is 4.47 Å². The van der Waals surface area contributed by atoms with Crippen molar-refractivity contribution >= 4 is 26.0 Å².